The first-order valence-corrected chi connectivity index (χ1v) is 8.04. The molecule has 0 bridgehead atoms. The fraction of sp³-hybridized carbons (Fsp3) is 0.400. The molecule has 0 heterocycles. The van der Waals surface area contributed by atoms with Gasteiger partial charge in [0, 0.05) is 17.7 Å². The number of nitrogens with one attached hydrogen (secondary N) is 2. The number of rotatable bonds is 7. The minimum Gasteiger partial charge on any atom is -0.484 e. The van der Waals surface area contributed by atoms with Crippen molar-refractivity contribution in [1.82, 2.24) is 0 Å². The summed E-state index contributed by atoms with van der Waals surface area (Å²) in [6.07, 6.45) is -3.69. The molecule has 0 fully saturated rings. The van der Waals surface area contributed by atoms with Crippen LogP contribution < -0.4 is 4.74 Å². The third kappa shape index (κ3) is 8.99. The molecule has 0 saturated heterocycles. The van der Waals surface area contributed by atoms with Crippen molar-refractivity contribution in [2.45, 2.75) is 19.0 Å². The van der Waals surface area contributed by atoms with Crippen molar-refractivity contribution in [2.24, 2.45) is 0 Å². The van der Waals surface area contributed by atoms with Crippen LogP contribution in [0.3, 0.4) is 0 Å². The van der Waals surface area contributed by atoms with Gasteiger partial charge in [0.1, 0.15) is 5.75 Å². The Morgan fingerprint density at radius 2 is 1.84 bits per heavy atom. The van der Waals surface area contributed by atoms with E-state index in [1.165, 1.54) is 31.4 Å². The maximum atomic E-state index is 12.1. The maximum Gasteiger partial charge on any atom is 0.422 e. The SMILES string of the molecule is COC(=O)CCCSC(=N)OC(=N)c1ccc(OCC(F)(F)F)cc1. The Bertz CT molecular complexity index is 606. The predicted molar refractivity (Wildman–Crippen MR) is 87.3 cm³/mol. The number of carbonyl (C=O) groups is 1. The molecular formula is C15H17F3N2O4S. The molecule has 0 aliphatic heterocycles. The van der Waals surface area contributed by atoms with Crippen molar-refractivity contribution in [3.63, 3.8) is 0 Å². The van der Waals surface area contributed by atoms with E-state index in [1.807, 2.05) is 0 Å². The quantitative estimate of drug-likeness (QED) is 0.327. The molecule has 0 radical (unpaired) electrons. The van der Waals surface area contributed by atoms with Crippen LogP contribution in [0, 0.1) is 10.8 Å². The zero-order valence-corrected chi connectivity index (χ0v) is 14.1. The summed E-state index contributed by atoms with van der Waals surface area (Å²) in [6.45, 7) is -1.40. The topological polar surface area (TPSA) is 92.5 Å². The second kappa shape index (κ2) is 9.92. The summed E-state index contributed by atoms with van der Waals surface area (Å²) in [5.74, 6) is -0.187. The highest BCUT2D eigenvalue weighted by molar-refractivity contribution is 8.13. The zero-order chi connectivity index (χ0) is 18.9. The van der Waals surface area contributed by atoms with E-state index in [2.05, 4.69) is 9.47 Å². The minimum atomic E-state index is -4.42. The van der Waals surface area contributed by atoms with Gasteiger partial charge in [0.2, 0.25) is 11.1 Å². The number of ether oxygens (including phenoxy) is 3. The highest BCUT2D eigenvalue weighted by Gasteiger charge is 2.28. The van der Waals surface area contributed by atoms with Gasteiger partial charge in [-0.15, -0.1) is 0 Å². The van der Waals surface area contributed by atoms with Gasteiger partial charge in [0.25, 0.3) is 0 Å². The Labute approximate surface area is 146 Å². The van der Waals surface area contributed by atoms with Crippen LogP contribution in [0.15, 0.2) is 24.3 Å². The number of esters is 1. The summed E-state index contributed by atoms with van der Waals surface area (Å²) in [5.41, 5.74) is 0.291. The van der Waals surface area contributed by atoms with E-state index in [4.69, 9.17) is 15.6 Å². The monoisotopic (exact) mass is 378 g/mol. The fourth-order valence-corrected chi connectivity index (χ4v) is 2.15. The highest BCUT2D eigenvalue weighted by atomic mass is 32.2. The first kappa shape index (κ1) is 20.8. The van der Waals surface area contributed by atoms with Crippen molar-refractivity contribution in [2.75, 3.05) is 19.5 Å². The molecule has 6 nitrogen and oxygen atoms in total. The van der Waals surface area contributed by atoms with E-state index >= 15 is 0 Å². The number of benzene rings is 1. The van der Waals surface area contributed by atoms with Crippen LogP contribution in [0.1, 0.15) is 18.4 Å². The molecule has 0 saturated carbocycles. The van der Waals surface area contributed by atoms with E-state index in [1.54, 1.807) is 0 Å². The lowest BCUT2D eigenvalue weighted by Crippen LogP contribution is -2.19. The number of carbonyl (C=O) groups excluding carboxylic acids is 1. The van der Waals surface area contributed by atoms with Gasteiger partial charge in [-0.3, -0.25) is 15.6 Å². The molecule has 1 aromatic carbocycles. The molecule has 1 aromatic rings. The Balaban J connectivity index is 2.38. The average Bonchev–Trinajstić information content (AvgIpc) is 2.56. The van der Waals surface area contributed by atoms with Crippen LogP contribution in [0.4, 0.5) is 13.2 Å². The Kier molecular flexibility index (Phi) is 8.26. The van der Waals surface area contributed by atoms with E-state index in [9.17, 15) is 18.0 Å². The van der Waals surface area contributed by atoms with Crippen molar-refractivity contribution >= 4 is 28.9 Å². The molecule has 1 rings (SSSR count). The van der Waals surface area contributed by atoms with Crippen LogP contribution in [-0.4, -0.2) is 42.7 Å². The normalized spacial score (nSPS) is 10.9. The lowest BCUT2D eigenvalue weighted by molar-refractivity contribution is -0.153. The fourth-order valence-electron chi connectivity index (χ4n) is 1.53. The number of hydrogen-bond acceptors (Lipinski definition) is 7. The zero-order valence-electron chi connectivity index (χ0n) is 13.3. The van der Waals surface area contributed by atoms with Gasteiger partial charge in [0.05, 0.1) is 7.11 Å². The largest absolute Gasteiger partial charge is 0.484 e. The van der Waals surface area contributed by atoms with Crippen molar-refractivity contribution in [1.29, 1.82) is 10.8 Å². The van der Waals surface area contributed by atoms with Crippen molar-refractivity contribution in [3.8, 4) is 5.75 Å². The molecule has 138 valence electrons. The lowest BCUT2D eigenvalue weighted by atomic mass is 10.2. The molecule has 10 heteroatoms. The molecule has 0 atom stereocenters. The Hall–Kier alpha value is -2.23. The molecule has 0 aromatic heterocycles. The van der Waals surface area contributed by atoms with E-state index in [0.29, 0.717) is 17.7 Å². The first-order valence-electron chi connectivity index (χ1n) is 7.06. The van der Waals surface area contributed by atoms with Crippen LogP contribution >= 0.6 is 11.8 Å². The van der Waals surface area contributed by atoms with Crippen molar-refractivity contribution in [3.05, 3.63) is 29.8 Å². The molecule has 0 spiro atoms. The first-order chi connectivity index (χ1) is 11.7. The lowest BCUT2D eigenvalue weighted by Gasteiger charge is -2.10. The standard InChI is InChI=1S/C15H17F3N2O4S/c1-22-12(21)3-2-8-25-14(20)24-13(19)10-4-6-11(7-5-10)23-9-15(16,17)18/h4-7,19-20H,2-3,8-9H2,1H3. The third-order valence-electron chi connectivity index (χ3n) is 2.70. The molecular weight excluding hydrogens is 361 g/mol. The molecule has 2 N–H and O–H groups in total. The van der Waals surface area contributed by atoms with Crippen molar-refractivity contribution < 1.29 is 32.2 Å². The van der Waals surface area contributed by atoms with Gasteiger partial charge in [-0.2, -0.15) is 13.2 Å². The minimum absolute atomic E-state index is 0.0149. The number of hydrogen-bond donors (Lipinski definition) is 2. The number of methoxy groups -OCH3 is 1. The smallest absolute Gasteiger partial charge is 0.422 e. The summed E-state index contributed by atoms with van der Waals surface area (Å²) in [7, 11) is 1.29. The van der Waals surface area contributed by atoms with Gasteiger partial charge in [-0.25, -0.2) is 0 Å². The summed E-state index contributed by atoms with van der Waals surface area (Å²) < 4.78 is 50.2. The number of halogens is 3. The number of alkyl halides is 3. The highest BCUT2D eigenvalue weighted by Crippen LogP contribution is 2.19. The molecule has 0 aliphatic carbocycles. The molecule has 25 heavy (non-hydrogen) atoms. The summed E-state index contributed by atoms with van der Waals surface area (Å²) in [6, 6.07) is 5.30. The van der Waals surface area contributed by atoms with Crippen LogP contribution in [0.5, 0.6) is 5.75 Å². The number of thioether (sulfide) groups is 1. The average molecular weight is 378 g/mol. The third-order valence-corrected chi connectivity index (χ3v) is 3.54. The van der Waals surface area contributed by atoms with Gasteiger partial charge >= 0.3 is 12.1 Å². The van der Waals surface area contributed by atoms with Crippen LogP contribution in [0.2, 0.25) is 0 Å². The second-order valence-corrected chi connectivity index (χ2v) is 5.74. The van der Waals surface area contributed by atoms with E-state index < -0.39 is 12.8 Å². The van der Waals surface area contributed by atoms with Gasteiger partial charge in [-0.1, -0.05) is 11.8 Å². The van der Waals surface area contributed by atoms with Crippen LogP contribution in [0.25, 0.3) is 0 Å². The van der Waals surface area contributed by atoms with E-state index in [0.717, 1.165) is 11.8 Å². The summed E-state index contributed by atoms with van der Waals surface area (Å²) >= 11 is 1.03. The second-order valence-electron chi connectivity index (χ2n) is 4.68. The predicted octanol–water partition coefficient (Wildman–Crippen LogP) is 3.59. The Morgan fingerprint density at radius 3 is 2.40 bits per heavy atom. The van der Waals surface area contributed by atoms with Gasteiger partial charge in [0.15, 0.2) is 6.61 Å². The molecule has 0 amide bonds. The van der Waals surface area contributed by atoms with Crippen LogP contribution in [-0.2, 0) is 14.3 Å². The molecule has 0 unspecified atom stereocenters. The Morgan fingerprint density at radius 1 is 1.20 bits per heavy atom. The van der Waals surface area contributed by atoms with E-state index in [-0.39, 0.29) is 29.3 Å². The summed E-state index contributed by atoms with van der Waals surface area (Å²) in [5, 5.41) is 15.1. The van der Waals surface area contributed by atoms with Gasteiger partial charge in [-0.05, 0) is 30.7 Å². The van der Waals surface area contributed by atoms with Gasteiger partial charge < -0.3 is 14.2 Å². The maximum absolute atomic E-state index is 12.1. The summed E-state index contributed by atoms with van der Waals surface area (Å²) in [4.78, 5) is 10.9. The molecule has 0 aliphatic rings.